The molecule has 0 unspecified atom stereocenters. The molecule has 212 valence electrons. The molecule has 0 amide bonds. The molecule has 39 heavy (non-hydrogen) atoms. The van der Waals surface area contributed by atoms with E-state index in [1.54, 1.807) is 0 Å². The molecule has 0 radical (unpaired) electrons. The number of nitrogens with zero attached hydrogens (tertiary/aromatic N) is 1. The number of nitriles is 1. The van der Waals surface area contributed by atoms with Crippen molar-refractivity contribution in [2.45, 2.75) is 141 Å². The summed E-state index contributed by atoms with van der Waals surface area (Å²) in [4.78, 5) is 13.8. The molecule has 1 fully saturated rings. The fraction of sp³-hybridized carbons (Fsp3) is 0.611. The summed E-state index contributed by atoms with van der Waals surface area (Å²) in [5, 5.41) is 9.80. The molecule has 0 saturated heterocycles. The van der Waals surface area contributed by atoms with Crippen molar-refractivity contribution < 1.29 is 9.53 Å². The molecule has 1 aliphatic rings. The highest BCUT2D eigenvalue weighted by Gasteiger charge is 2.43. The van der Waals surface area contributed by atoms with E-state index in [0.29, 0.717) is 11.3 Å². The molecule has 2 aromatic carbocycles. The molecule has 0 aliphatic heterocycles. The first kappa shape index (κ1) is 30.9. The second-order valence-electron chi connectivity index (χ2n) is 11.7. The van der Waals surface area contributed by atoms with Crippen LogP contribution in [0.2, 0.25) is 0 Å². The molecule has 0 spiro atoms. The van der Waals surface area contributed by atoms with E-state index in [1.165, 1.54) is 76.2 Å². The maximum atomic E-state index is 13.8. The molecule has 0 N–H and O–H groups in total. The van der Waals surface area contributed by atoms with Gasteiger partial charge in [0.25, 0.3) is 0 Å². The number of hydrogen-bond acceptors (Lipinski definition) is 3. The molecule has 1 aliphatic carbocycles. The van der Waals surface area contributed by atoms with Gasteiger partial charge in [-0.3, -0.25) is 4.79 Å². The van der Waals surface area contributed by atoms with Crippen LogP contribution in [0.3, 0.4) is 0 Å². The van der Waals surface area contributed by atoms with Crippen molar-refractivity contribution >= 4 is 5.97 Å². The Labute approximate surface area is 238 Å². The summed E-state index contributed by atoms with van der Waals surface area (Å²) in [5.74, 6) is 0.196. The Bertz CT molecular complexity index is 1030. The minimum atomic E-state index is -0.624. The van der Waals surface area contributed by atoms with Gasteiger partial charge in [0.1, 0.15) is 11.8 Å². The van der Waals surface area contributed by atoms with E-state index in [2.05, 4.69) is 44.2 Å². The Balaban J connectivity index is 1.62. The average Bonchev–Trinajstić information content (AvgIpc) is 2.98. The predicted molar refractivity (Wildman–Crippen MR) is 162 cm³/mol. The van der Waals surface area contributed by atoms with Gasteiger partial charge in [-0.25, -0.2) is 0 Å². The van der Waals surface area contributed by atoms with E-state index in [1.807, 2.05) is 18.2 Å². The molecule has 3 heteroatoms. The third kappa shape index (κ3) is 9.52. The van der Waals surface area contributed by atoms with Crippen molar-refractivity contribution in [3.63, 3.8) is 0 Å². The summed E-state index contributed by atoms with van der Waals surface area (Å²) in [6.07, 6.45) is 22.3. The molecule has 0 bridgehead atoms. The summed E-state index contributed by atoms with van der Waals surface area (Å²) in [6.45, 7) is 4.48. The van der Waals surface area contributed by atoms with Crippen LogP contribution in [0.5, 0.6) is 5.75 Å². The number of carbonyl (C=O) groups excluding carboxylic acids is 1. The lowest BCUT2D eigenvalue weighted by Crippen LogP contribution is -2.41. The fourth-order valence-corrected chi connectivity index (χ4v) is 6.08. The number of hydrogen-bond donors (Lipinski definition) is 0. The highest BCUT2D eigenvalue weighted by Crippen LogP contribution is 2.41. The number of benzene rings is 2. The van der Waals surface area contributed by atoms with Gasteiger partial charge in [0.05, 0.1) is 11.0 Å². The molecule has 1 saturated carbocycles. The van der Waals surface area contributed by atoms with E-state index in [-0.39, 0.29) is 5.97 Å². The Hall–Kier alpha value is -2.60. The fourth-order valence-electron chi connectivity index (χ4n) is 6.08. The molecule has 0 heterocycles. The number of esters is 1. The van der Waals surface area contributed by atoms with Gasteiger partial charge in [0.15, 0.2) is 0 Å². The van der Waals surface area contributed by atoms with Crippen molar-refractivity contribution in [3.05, 3.63) is 64.7 Å². The highest BCUT2D eigenvalue weighted by atomic mass is 16.5. The standard InChI is InChI=1S/C36H51NO2/c1-3-5-7-9-10-11-12-15-18-30-20-23-33(24-21-30)36(26-16-13-17-27-36)35(38)39-34-25-22-31(28-32(34)29-37)19-14-8-6-4-2/h20-25,28H,3-19,26-27H2,1-2H3. The van der Waals surface area contributed by atoms with Gasteiger partial charge in [-0.2, -0.15) is 5.26 Å². The van der Waals surface area contributed by atoms with Crippen LogP contribution in [0.15, 0.2) is 42.5 Å². The Kier molecular flexibility index (Phi) is 13.6. The quantitative estimate of drug-likeness (QED) is 0.116. The first-order chi connectivity index (χ1) is 19.1. The van der Waals surface area contributed by atoms with E-state index in [9.17, 15) is 10.1 Å². The number of rotatable bonds is 17. The van der Waals surface area contributed by atoms with Crippen LogP contribution >= 0.6 is 0 Å². The summed E-state index contributed by atoms with van der Waals surface area (Å²) in [7, 11) is 0. The van der Waals surface area contributed by atoms with Crippen LogP contribution < -0.4 is 4.74 Å². The lowest BCUT2D eigenvalue weighted by molar-refractivity contribution is -0.142. The van der Waals surface area contributed by atoms with Gasteiger partial charge in [-0.15, -0.1) is 0 Å². The largest absolute Gasteiger partial charge is 0.424 e. The molecule has 0 atom stereocenters. The smallest absolute Gasteiger partial charge is 0.321 e. The van der Waals surface area contributed by atoms with Gasteiger partial charge in [-0.1, -0.05) is 128 Å². The first-order valence-corrected chi connectivity index (χ1v) is 16.0. The molecule has 3 nitrogen and oxygen atoms in total. The van der Waals surface area contributed by atoms with Gasteiger partial charge >= 0.3 is 5.97 Å². The summed E-state index contributed by atoms with van der Waals surface area (Å²) in [5.41, 5.74) is 3.40. The molecule has 3 rings (SSSR count). The van der Waals surface area contributed by atoms with Crippen molar-refractivity contribution in [3.8, 4) is 11.8 Å². The zero-order valence-electron chi connectivity index (χ0n) is 24.7. The molecular weight excluding hydrogens is 478 g/mol. The van der Waals surface area contributed by atoms with Gasteiger partial charge in [0, 0.05) is 0 Å². The number of unbranched alkanes of at least 4 members (excludes halogenated alkanes) is 10. The van der Waals surface area contributed by atoms with Crippen LogP contribution in [-0.2, 0) is 23.1 Å². The van der Waals surface area contributed by atoms with Crippen LogP contribution in [0.25, 0.3) is 0 Å². The van der Waals surface area contributed by atoms with E-state index >= 15 is 0 Å². The van der Waals surface area contributed by atoms with Gasteiger partial charge in [-0.05, 0) is 67.3 Å². The normalized spacial score (nSPS) is 14.6. The van der Waals surface area contributed by atoms with Crippen molar-refractivity contribution in [1.29, 1.82) is 5.26 Å². The third-order valence-electron chi connectivity index (χ3n) is 8.61. The van der Waals surface area contributed by atoms with Crippen molar-refractivity contribution in [1.82, 2.24) is 0 Å². The topological polar surface area (TPSA) is 50.1 Å². The lowest BCUT2D eigenvalue weighted by atomic mass is 9.69. The number of ether oxygens (including phenoxy) is 1. The monoisotopic (exact) mass is 529 g/mol. The molecular formula is C36H51NO2. The zero-order valence-corrected chi connectivity index (χ0v) is 24.7. The van der Waals surface area contributed by atoms with Crippen molar-refractivity contribution in [2.75, 3.05) is 0 Å². The summed E-state index contributed by atoms with van der Waals surface area (Å²) in [6, 6.07) is 16.8. The Morgan fingerprint density at radius 2 is 1.28 bits per heavy atom. The van der Waals surface area contributed by atoms with E-state index < -0.39 is 5.41 Å². The first-order valence-electron chi connectivity index (χ1n) is 16.0. The van der Waals surface area contributed by atoms with E-state index in [4.69, 9.17) is 4.74 Å². The van der Waals surface area contributed by atoms with Crippen LogP contribution in [0.1, 0.15) is 145 Å². The van der Waals surface area contributed by atoms with Gasteiger partial charge < -0.3 is 4.74 Å². The maximum Gasteiger partial charge on any atom is 0.321 e. The average molecular weight is 530 g/mol. The summed E-state index contributed by atoms with van der Waals surface area (Å²) < 4.78 is 6.03. The molecule has 2 aromatic rings. The Morgan fingerprint density at radius 1 is 0.744 bits per heavy atom. The minimum absolute atomic E-state index is 0.204. The van der Waals surface area contributed by atoms with Crippen LogP contribution in [0.4, 0.5) is 0 Å². The van der Waals surface area contributed by atoms with Gasteiger partial charge in [0.2, 0.25) is 0 Å². The van der Waals surface area contributed by atoms with Crippen LogP contribution in [-0.4, -0.2) is 5.97 Å². The second-order valence-corrected chi connectivity index (χ2v) is 11.7. The second kappa shape index (κ2) is 17.2. The van der Waals surface area contributed by atoms with Crippen LogP contribution in [0, 0.1) is 11.3 Å². The SMILES string of the molecule is CCCCCCCCCCc1ccc(C2(C(=O)Oc3ccc(CCCCCC)cc3C#N)CCCCC2)cc1. The number of aryl methyl sites for hydroxylation is 2. The third-order valence-corrected chi connectivity index (χ3v) is 8.61. The van der Waals surface area contributed by atoms with E-state index in [0.717, 1.165) is 62.5 Å². The minimum Gasteiger partial charge on any atom is -0.424 e. The maximum absolute atomic E-state index is 13.8. The molecule has 0 aromatic heterocycles. The predicted octanol–water partition coefficient (Wildman–Crippen LogP) is 10.2. The number of carbonyl (C=O) groups is 1. The highest BCUT2D eigenvalue weighted by molar-refractivity contribution is 5.85. The Morgan fingerprint density at radius 3 is 1.90 bits per heavy atom. The zero-order chi connectivity index (χ0) is 27.8. The lowest BCUT2D eigenvalue weighted by Gasteiger charge is -2.35. The summed E-state index contributed by atoms with van der Waals surface area (Å²) >= 11 is 0. The van der Waals surface area contributed by atoms with Crippen molar-refractivity contribution in [2.24, 2.45) is 0 Å².